The molecule has 1 fully saturated rings. The van der Waals surface area contributed by atoms with Gasteiger partial charge in [-0.3, -0.25) is 4.90 Å². The topological polar surface area (TPSA) is 29.3 Å². The summed E-state index contributed by atoms with van der Waals surface area (Å²) in [5.74, 6) is 3.48. The monoisotopic (exact) mass is 272 g/mol. The molecule has 2 unspecified atom stereocenters. The Bertz CT molecular complexity index is 199. The molecule has 18 heavy (non-hydrogen) atoms. The molecule has 1 saturated heterocycles. The zero-order valence-corrected chi connectivity index (χ0v) is 13.2. The Labute approximate surface area is 118 Å². The van der Waals surface area contributed by atoms with E-state index in [1.165, 1.54) is 63.1 Å². The smallest absolute Gasteiger partial charge is 0.0226 e. The van der Waals surface area contributed by atoms with Crippen LogP contribution in [0.2, 0.25) is 0 Å². The maximum atomic E-state index is 5.98. The third kappa shape index (κ3) is 5.94. The van der Waals surface area contributed by atoms with Crippen molar-refractivity contribution in [3.63, 3.8) is 0 Å². The van der Waals surface area contributed by atoms with Gasteiger partial charge in [-0.2, -0.15) is 11.8 Å². The number of hydrogen-bond donors (Lipinski definition) is 1. The Balaban J connectivity index is 2.34. The summed E-state index contributed by atoms with van der Waals surface area (Å²) in [6.45, 7) is 7.95. The molecule has 1 rings (SSSR count). The molecule has 1 heterocycles. The van der Waals surface area contributed by atoms with Crippen molar-refractivity contribution >= 4 is 11.8 Å². The molecule has 0 aromatic carbocycles. The van der Waals surface area contributed by atoms with Crippen molar-refractivity contribution in [2.75, 3.05) is 31.1 Å². The molecule has 2 nitrogen and oxygen atoms in total. The predicted molar refractivity (Wildman–Crippen MR) is 84.3 cm³/mol. The van der Waals surface area contributed by atoms with E-state index in [2.05, 4.69) is 18.7 Å². The lowest BCUT2D eigenvalue weighted by Gasteiger charge is -2.29. The minimum absolute atomic E-state index is 0.629. The van der Waals surface area contributed by atoms with Crippen molar-refractivity contribution in [3.8, 4) is 0 Å². The zero-order chi connectivity index (χ0) is 13.2. The first-order valence-electron chi connectivity index (χ1n) is 7.83. The van der Waals surface area contributed by atoms with Crippen LogP contribution in [0.4, 0.5) is 0 Å². The molecule has 0 amide bonds. The van der Waals surface area contributed by atoms with Crippen LogP contribution in [0.3, 0.4) is 0 Å². The average molecular weight is 273 g/mol. The van der Waals surface area contributed by atoms with E-state index in [1.54, 1.807) is 0 Å². The van der Waals surface area contributed by atoms with Gasteiger partial charge in [0.15, 0.2) is 0 Å². The fourth-order valence-corrected chi connectivity index (χ4v) is 3.79. The largest absolute Gasteiger partial charge is 0.329 e. The summed E-state index contributed by atoms with van der Waals surface area (Å²) >= 11 is 2.05. The summed E-state index contributed by atoms with van der Waals surface area (Å²) in [6.07, 6.45) is 8.25. The molecule has 1 aliphatic rings. The molecule has 0 aliphatic carbocycles. The molecule has 0 aromatic heterocycles. The molecular formula is C15H32N2S. The Kier molecular flexibility index (Phi) is 9.16. The van der Waals surface area contributed by atoms with Gasteiger partial charge in [0.2, 0.25) is 0 Å². The highest BCUT2D eigenvalue weighted by Crippen LogP contribution is 2.23. The van der Waals surface area contributed by atoms with Crippen molar-refractivity contribution in [3.05, 3.63) is 0 Å². The van der Waals surface area contributed by atoms with Gasteiger partial charge in [0.05, 0.1) is 0 Å². The molecule has 1 aliphatic heterocycles. The van der Waals surface area contributed by atoms with Crippen LogP contribution in [0.15, 0.2) is 0 Å². The maximum Gasteiger partial charge on any atom is 0.0226 e. The molecule has 0 bridgehead atoms. The molecular weight excluding hydrogens is 240 g/mol. The summed E-state index contributed by atoms with van der Waals surface area (Å²) in [4.78, 5) is 2.67. The van der Waals surface area contributed by atoms with Crippen LogP contribution >= 0.6 is 11.8 Å². The van der Waals surface area contributed by atoms with Crippen LogP contribution in [0, 0.1) is 5.92 Å². The van der Waals surface area contributed by atoms with Gasteiger partial charge >= 0.3 is 0 Å². The van der Waals surface area contributed by atoms with Gasteiger partial charge in [-0.05, 0) is 56.2 Å². The minimum atomic E-state index is 0.629. The Morgan fingerprint density at radius 2 is 2.11 bits per heavy atom. The van der Waals surface area contributed by atoms with E-state index in [0.29, 0.717) is 6.04 Å². The first kappa shape index (κ1) is 16.3. The third-order valence-corrected chi connectivity index (χ3v) is 5.10. The zero-order valence-electron chi connectivity index (χ0n) is 12.4. The van der Waals surface area contributed by atoms with Crippen LogP contribution in [0.1, 0.15) is 52.4 Å². The number of rotatable bonds is 8. The predicted octanol–water partition coefficient (Wildman–Crippen LogP) is 3.36. The van der Waals surface area contributed by atoms with Crippen LogP contribution in [0.25, 0.3) is 0 Å². The fourth-order valence-electron chi connectivity index (χ4n) is 3.06. The lowest BCUT2D eigenvalue weighted by molar-refractivity contribution is 0.201. The van der Waals surface area contributed by atoms with E-state index in [1.807, 2.05) is 11.8 Å². The molecule has 2 atom stereocenters. The van der Waals surface area contributed by atoms with Gasteiger partial charge in [-0.25, -0.2) is 0 Å². The van der Waals surface area contributed by atoms with E-state index >= 15 is 0 Å². The second-order valence-electron chi connectivity index (χ2n) is 5.50. The molecule has 2 N–H and O–H groups in total. The van der Waals surface area contributed by atoms with Gasteiger partial charge in [0, 0.05) is 12.6 Å². The van der Waals surface area contributed by atoms with Crippen molar-refractivity contribution < 1.29 is 0 Å². The number of hydrogen-bond acceptors (Lipinski definition) is 3. The van der Waals surface area contributed by atoms with Crippen molar-refractivity contribution in [2.24, 2.45) is 11.7 Å². The van der Waals surface area contributed by atoms with Gasteiger partial charge in [0.1, 0.15) is 0 Å². The lowest BCUT2D eigenvalue weighted by atomic mass is 9.96. The summed E-state index contributed by atoms with van der Waals surface area (Å²) in [5.41, 5.74) is 5.98. The van der Waals surface area contributed by atoms with Gasteiger partial charge in [0.25, 0.3) is 0 Å². The highest BCUT2D eigenvalue weighted by Gasteiger charge is 2.21. The van der Waals surface area contributed by atoms with Crippen molar-refractivity contribution in [1.82, 2.24) is 4.90 Å². The number of nitrogens with zero attached hydrogens (tertiary/aromatic N) is 1. The molecule has 108 valence electrons. The second-order valence-corrected chi connectivity index (χ2v) is 6.89. The van der Waals surface area contributed by atoms with Crippen molar-refractivity contribution in [2.45, 2.75) is 58.4 Å². The fraction of sp³-hybridized carbons (Fsp3) is 1.00. The van der Waals surface area contributed by atoms with E-state index in [-0.39, 0.29) is 0 Å². The average Bonchev–Trinajstić information content (AvgIpc) is 2.61. The van der Waals surface area contributed by atoms with Crippen LogP contribution in [-0.4, -0.2) is 42.1 Å². The normalized spacial score (nSPS) is 23.8. The van der Waals surface area contributed by atoms with Crippen LogP contribution in [0.5, 0.6) is 0 Å². The minimum Gasteiger partial charge on any atom is -0.329 e. The van der Waals surface area contributed by atoms with Gasteiger partial charge in [-0.1, -0.05) is 26.7 Å². The molecule has 0 radical (unpaired) electrons. The second kappa shape index (κ2) is 10.1. The number of nitrogens with two attached hydrogens (primary N) is 1. The summed E-state index contributed by atoms with van der Waals surface area (Å²) in [5, 5.41) is 0. The number of thioether (sulfide) groups is 1. The Morgan fingerprint density at radius 3 is 2.78 bits per heavy atom. The molecule has 0 saturated carbocycles. The summed E-state index contributed by atoms with van der Waals surface area (Å²) in [7, 11) is 0. The Morgan fingerprint density at radius 1 is 1.28 bits per heavy atom. The standard InChI is InChI=1S/C15H32N2S/c1-3-6-14-7-5-10-17(11-8-14)15(13-16)9-12-18-4-2/h14-15H,3-13,16H2,1-2H3. The van der Waals surface area contributed by atoms with E-state index in [9.17, 15) is 0 Å². The summed E-state index contributed by atoms with van der Waals surface area (Å²) < 4.78 is 0. The van der Waals surface area contributed by atoms with Crippen molar-refractivity contribution in [1.29, 1.82) is 0 Å². The molecule has 0 spiro atoms. The third-order valence-electron chi connectivity index (χ3n) is 4.17. The maximum absolute atomic E-state index is 5.98. The lowest BCUT2D eigenvalue weighted by Crippen LogP contribution is -2.41. The SMILES string of the molecule is CCCC1CCCN(C(CN)CCSCC)CC1. The Hall–Kier alpha value is 0.270. The first-order chi connectivity index (χ1) is 8.81. The van der Waals surface area contributed by atoms with Crippen LogP contribution < -0.4 is 5.73 Å². The number of likely N-dealkylation sites (tertiary alicyclic amines) is 1. The van der Waals surface area contributed by atoms with E-state index in [4.69, 9.17) is 5.73 Å². The molecule has 3 heteroatoms. The quantitative estimate of drug-likeness (QED) is 0.687. The first-order valence-corrected chi connectivity index (χ1v) is 8.99. The van der Waals surface area contributed by atoms with E-state index in [0.717, 1.165) is 12.5 Å². The van der Waals surface area contributed by atoms with E-state index < -0.39 is 0 Å². The highest BCUT2D eigenvalue weighted by molar-refractivity contribution is 7.99. The molecule has 0 aromatic rings. The van der Waals surface area contributed by atoms with Crippen LogP contribution in [-0.2, 0) is 0 Å². The summed E-state index contributed by atoms with van der Waals surface area (Å²) in [6, 6.07) is 0.629. The van der Waals surface area contributed by atoms with Gasteiger partial charge in [-0.15, -0.1) is 0 Å². The van der Waals surface area contributed by atoms with Gasteiger partial charge < -0.3 is 5.73 Å². The highest BCUT2D eigenvalue weighted by atomic mass is 32.2.